The second-order valence-electron chi connectivity index (χ2n) is 6.67. The van der Waals surface area contributed by atoms with Crippen molar-refractivity contribution in [1.29, 1.82) is 0 Å². The van der Waals surface area contributed by atoms with Crippen molar-refractivity contribution in [3.8, 4) is 0 Å². The van der Waals surface area contributed by atoms with Gasteiger partial charge in [0.15, 0.2) is 15.8 Å². The van der Waals surface area contributed by atoms with E-state index < -0.39 is 9.84 Å². The number of nitrogens with zero attached hydrogens (tertiary/aromatic N) is 3. The molecule has 3 aromatic rings. The monoisotopic (exact) mass is 539 g/mol. The van der Waals surface area contributed by atoms with Gasteiger partial charge in [-0.1, -0.05) is 36.4 Å². The van der Waals surface area contributed by atoms with Crippen LogP contribution >= 0.6 is 24.0 Å². The van der Waals surface area contributed by atoms with E-state index in [2.05, 4.69) is 32.9 Å². The van der Waals surface area contributed by atoms with Crippen LogP contribution in [0.1, 0.15) is 16.7 Å². The van der Waals surface area contributed by atoms with E-state index in [0.717, 1.165) is 5.56 Å². The summed E-state index contributed by atoms with van der Waals surface area (Å²) in [6, 6.07) is 17.0. The Morgan fingerprint density at radius 2 is 1.67 bits per heavy atom. The van der Waals surface area contributed by atoms with Crippen LogP contribution < -0.4 is 10.6 Å². The lowest BCUT2D eigenvalue weighted by molar-refractivity contribution is 0.602. The van der Waals surface area contributed by atoms with Crippen molar-refractivity contribution >= 4 is 39.8 Å². The van der Waals surface area contributed by atoms with Gasteiger partial charge < -0.3 is 10.6 Å². The number of guanidine groups is 1. The molecule has 0 amide bonds. The van der Waals surface area contributed by atoms with Crippen LogP contribution in [0.15, 0.2) is 76.9 Å². The number of aliphatic imine (C=N–C) groups is 1. The first-order valence-corrected chi connectivity index (χ1v) is 11.1. The second kappa shape index (κ2) is 11.1. The van der Waals surface area contributed by atoms with Gasteiger partial charge in [-0.05, 0) is 34.9 Å². The highest BCUT2D eigenvalue weighted by molar-refractivity contribution is 14.0. The van der Waals surface area contributed by atoms with Crippen LogP contribution in [0, 0.1) is 0 Å². The molecular weight excluding hydrogens is 513 g/mol. The summed E-state index contributed by atoms with van der Waals surface area (Å²) < 4.78 is 25.0. The normalized spacial score (nSPS) is 11.6. The average molecular weight is 539 g/mol. The molecule has 0 aliphatic rings. The largest absolute Gasteiger partial charge is 0.352 e. The zero-order chi connectivity index (χ0) is 20.7. The van der Waals surface area contributed by atoms with Gasteiger partial charge in [0.1, 0.15) is 0 Å². The molecule has 30 heavy (non-hydrogen) atoms. The van der Waals surface area contributed by atoms with Crippen molar-refractivity contribution in [3.05, 3.63) is 83.7 Å². The third kappa shape index (κ3) is 6.84. The Kier molecular flexibility index (Phi) is 8.85. The number of nitrogens with one attached hydrogen (secondary N) is 2. The number of rotatable bonds is 7. The van der Waals surface area contributed by atoms with E-state index in [4.69, 9.17) is 0 Å². The molecule has 0 atom stereocenters. The van der Waals surface area contributed by atoms with E-state index >= 15 is 0 Å². The second-order valence-corrected chi connectivity index (χ2v) is 8.68. The van der Waals surface area contributed by atoms with Gasteiger partial charge in [0, 0.05) is 38.8 Å². The lowest BCUT2D eigenvalue weighted by Crippen LogP contribution is -2.36. The number of halogens is 1. The average Bonchev–Trinajstić information content (AvgIpc) is 3.22. The Morgan fingerprint density at radius 3 is 2.27 bits per heavy atom. The molecule has 3 rings (SSSR count). The highest BCUT2D eigenvalue weighted by Crippen LogP contribution is 2.11. The van der Waals surface area contributed by atoms with Crippen LogP contribution in [-0.4, -0.2) is 37.5 Å². The summed E-state index contributed by atoms with van der Waals surface area (Å²) in [6.45, 7) is 1.88. The minimum absolute atomic E-state index is 0. The van der Waals surface area contributed by atoms with Gasteiger partial charge in [-0.15, -0.1) is 24.0 Å². The van der Waals surface area contributed by atoms with E-state index in [9.17, 15) is 8.42 Å². The first kappa shape index (κ1) is 23.9. The maximum atomic E-state index is 11.6. The molecule has 0 radical (unpaired) electrons. The molecule has 0 saturated carbocycles. The number of aromatic nitrogens is 2. The summed E-state index contributed by atoms with van der Waals surface area (Å²) in [7, 11) is -1.46. The van der Waals surface area contributed by atoms with E-state index in [1.54, 1.807) is 37.5 Å². The van der Waals surface area contributed by atoms with Gasteiger partial charge in [-0.2, -0.15) is 5.10 Å². The number of sulfone groups is 1. The van der Waals surface area contributed by atoms with Crippen molar-refractivity contribution in [2.75, 3.05) is 13.3 Å². The van der Waals surface area contributed by atoms with E-state index in [1.807, 2.05) is 29.1 Å². The van der Waals surface area contributed by atoms with Gasteiger partial charge in [0.2, 0.25) is 0 Å². The molecule has 9 heteroatoms. The minimum Gasteiger partial charge on any atom is -0.352 e. The van der Waals surface area contributed by atoms with E-state index in [1.165, 1.54) is 17.4 Å². The minimum atomic E-state index is -3.18. The molecule has 160 valence electrons. The summed E-state index contributed by atoms with van der Waals surface area (Å²) in [4.78, 5) is 4.58. The fraction of sp³-hybridized carbons (Fsp3) is 0.238. The van der Waals surface area contributed by atoms with Crippen molar-refractivity contribution in [1.82, 2.24) is 20.4 Å². The maximum absolute atomic E-state index is 11.6. The predicted molar refractivity (Wildman–Crippen MR) is 130 cm³/mol. The Bertz CT molecular complexity index is 1070. The molecule has 2 aromatic carbocycles. The van der Waals surface area contributed by atoms with Crippen molar-refractivity contribution in [2.45, 2.75) is 24.5 Å². The third-order valence-electron chi connectivity index (χ3n) is 4.49. The highest BCUT2D eigenvalue weighted by Gasteiger charge is 2.07. The molecule has 0 unspecified atom stereocenters. The van der Waals surface area contributed by atoms with Gasteiger partial charge in [0.25, 0.3) is 0 Å². The zero-order valence-electron chi connectivity index (χ0n) is 16.9. The molecule has 0 spiro atoms. The van der Waals surface area contributed by atoms with Gasteiger partial charge in [-0.25, -0.2) is 8.42 Å². The summed E-state index contributed by atoms with van der Waals surface area (Å²) in [5, 5.41) is 10.8. The van der Waals surface area contributed by atoms with Crippen molar-refractivity contribution in [3.63, 3.8) is 0 Å². The van der Waals surface area contributed by atoms with Crippen molar-refractivity contribution < 1.29 is 8.42 Å². The number of hydrogen-bond acceptors (Lipinski definition) is 4. The molecule has 1 heterocycles. The van der Waals surface area contributed by atoms with Crippen molar-refractivity contribution in [2.24, 2.45) is 4.99 Å². The first-order valence-electron chi connectivity index (χ1n) is 9.23. The zero-order valence-corrected chi connectivity index (χ0v) is 20.1. The van der Waals surface area contributed by atoms with Gasteiger partial charge in [-0.3, -0.25) is 9.67 Å². The third-order valence-corrected chi connectivity index (χ3v) is 5.62. The summed E-state index contributed by atoms with van der Waals surface area (Å²) in [5.74, 6) is 0.672. The summed E-state index contributed by atoms with van der Waals surface area (Å²) in [6.07, 6.45) is 4.92. The lowest BCUT2D eigenvalue weighted by atomic mass is 10.1. The lowest BCUT2D eigenvalue weighted by Gasteiger charge is -2.14. The van der Waals surface area contributed by atoms with Gasteiger partial charge in [0.05, 0.1) is 11.4 Å². The molecule has 0 saturated heterocycles. The SMILES string of the molecule is CN=C(NCc1ccc(S(C)(=O)=O)cc1)NCc1ccccc1Cn1cccn1.I. The summed E-state index contributed by atoms with van der Waals surface area (Å²) >= 11 is 0. The van der Waals surface area contributed by atoms with Gasteiger partial charge >= 0.3 is 0 Å². The van der Waals surface area contributed by atoms with E-state index in [0.29, 0.717) is 30.5 Å². The quantitative estimate of drug-likeness (QED) is 0.274. The maximum Gasteiger partial charge on any atom is 0.191 e. The van der Waals surface area contributed by atoms with Crippen LogP contribution in [0.25, 0.3) is 0 Å². The molecular formula is C21H26IN5O2S. The fourth-order valence-corrected chi connectivity index (χ4v) is 3.52. The molecule has 0 bridgehead atoms. The van der Waals surface area contributed by atoms with Crippen LogP contribution in [-0.2, 0) is 29.5 Å². The van der Waals surface area contributed by atoms with Crippen LogP contribution in [0.3, 0.4) is 0 Å². The standard InChI is InChI=1S/C21H25N5O2S.HI/c1-22-21(23-14-17-8-10-20(11-9-17)29(2,27)28)24-15-18-6-3-4-7-19(18)16-26-13-5-12-25-26;/h3-13H,14-16H2,1-2H3,(H2,22,23,24);1H. The number of hydrogen-bond donors (Lipinski definition) is 2. The Hall–Kier alpha value is -2.40. The highest BCUT2D eigenvalue weighted by atomic mass is 127. The molecule has 0 aliphatic heterocycles. The number of benzene rings is 2. The predicted octanol–water partition coefficient (Wildman–Crippen LogP) is 2.82. The van der Waals surface area contributed by atoms with Crippen LogP contribution in [0.4, 0.5) is 0 Å². The van der Waals surface area contributed by atoms with Crippen LogP contribution in [0.5, 0.6) is 0 Å². The molecule has 7 nitrogen and oxygen atoms in total. The Labute approximate surface area is 194 Å². The Morgan fingerprint density at radius 1 is 1.00 bits per heavy atom. The fourth-order valence-electron chi connectivity index (χ4n) is 2.89. The first-order chi connectivity index (χ1) is 14.0. The topological polar surface area (TPSA) is 88.4 Å². The molecule has 0 aliphatic carbocycles. The van der Waals surface area contributed by atoms with Crippen LogP contribution in [0.2, 0.25) is 0 Å². The summed E-state index contributed by atoms with van der Waals surface area (Å²) in [5.41, 5.74) is 3.33. The smallest absolute Gasteiger partial charge is 0.191 e. The van der Waals surface area contributed by atoms with E-state index in [-0.39, 0.29) is 24.0 Å². The molecule has 1 aromatic heterocycles. The Balaban J connectivity index is 0.00000320. The molecule has 2 N–H and O–H groups in total. The molecule has 0 fully saturated rings.